The summed E-state index contributed by atoms with van der Waals surface area (Å²) in [5.41, 5.74) is 5.17. The van der Waals surface area contributed by atoms with E-state index in [2.05, 4.69) is 15.5 Å². The summed E-state index contributed by atoms with van der Waals surface area (Å²) in [6.07, 6.45) is 0.599. The Balaban J connectivity index is 1.63. The molecule has 4 rings (SSSR count). The van der Waals surface area contributed by atoms with Crippen LogP contribution in [0.15, 0.2) is 66.7 Å². The van der Waals surface area contributed by atoms with Crippen molar-refractivity contribution in [3.05, 3.63) is 88.4 Å². The van der Waals surface area contributed by atoms with Gasteiger partial charge < -0.3 is 25.4 Å². The number of carbonyl (C=O) groups is 2. The second-order valence-electron chi connectivity index (χ2n) is 9.05. The topological polar surface area (TPSA) is 90.9 Å². The Morgan fingerprint density at radius 1 is 1.06 bits per heavy atom. The third kappa shape index (κ3) is 6.56. The van der Waals surface area contributed by atoms with Crippen molar-refractivity contribution < 1.29 is 19.4 Å². The van der Waals surface area contributed by atoms with Crippen LogP contribution in [0.3, 0.4) is 0 Å². The Kier molecular flexibility index (Phi) is 8.13. The molecule has 0 aliphatic heterocycles. The summed E-state index contributed by atoms with van der Waals surface area (Å²) >= 11 is 6.06. The van der Waals surface area contributed by atoms with Crippen molar-refractivity contribution in [2.75, 3.05) is 35.8 Å². The van der Waals surface area contributed by atoms with Gasteiger partial charge in [0, 0.05) is 30.9 Å². The van der Waals surface area contributed by atoms with Crippen LogP contribution < -0.4 is 15.5 Å². The van der Waals surface area contributed by atoms with Crippen molar-refractivity contribution in [3.8, 4) is 0 Å². The highest BCUT2D eigenvalue weighted by molar-refractivity contribution is 6.30. The summed E-state index contributed by atoms with van der Waals surface area (Å²) < 4.78 is 5.34. The second kappa shape index (κ2) is 11.5. The molecule has 7 nitrogen and oxygen atoms in total. The fourth-order valence-electron chi connectivity index (χ4n) is 4.21. The Labute approximate surface area is 216 Å². The molecule has 0 heterocycles. The van der Waals surface area contributed by atoms with E-state index >= 15 is 0 Å². The minimum atomic E-state index is -0.792. The van der Waals surface area contributed by atoms with Crippen LogP contribution >= 0.6 is 11.6 Å². The highest BCUT2D eigenvalue weighted by Gasteiger charge is 2.44. The third-order valence-corrected chi connectivity index (χ3v) is 6.56. The molecule has 3 aromatic rings. The summed E-state index contributed by atoms with van der Waals surface area (Å²) in [6.45, 7) is 3.65. The number of carbonyl (C=O) groups excluding carboxylic acids is 1. The van der Waals surface area contributed by atoms with Gasteiger partial charge in [0.15, 0.2) is 0 Å². The van der Waals surface area contributed by atoms with Crippen LogP contribution in [0.2, 0.25) is 5.02 Å². The quantitative estimate of drug-likeness (QED) is 0.307. The summed E-state index contributed by atoms with van der Waals surface area (Å²) in [7, 11) is 1.65. The van der Waals surface area contributed by atoms with Crippen LogP contribution in [0, 0.1) is 12.8 Å². The Morgan fingerprint density at radius 3 is 2.42 bits per heavy atom. The molecule has 2 amide bonds. The molecule has 0 spiro atoms. The van der Waals surface area contributed by atoms with E-state index in [0.717, 1.165) is 22.4 Å². The first-order chi connectivity index (χ1) is 17.3. The predicted octanol–water partition coefficient (Wildman–Crippen LogP) is 6.13. The van der Waals surface area contributed by atoms with Gasteiger partial charge in [-0.1, -0.05) is 47.5 Å². The zero-order valence-electron chi connectivity index (χ0n) is 20.3. The number of carboxylic acids is 1. The highest BCUT2D eigenvalue weighted by Crippen LogP contribution is 2.49. The zero-order valence-corrected chi connectivity index (χ0v) is 21.1. The van der Waals surface area contributed by atoms with E-state index in [1.54, 1.807) is 7.11 Å². The van der Waals surface area contributed by atoms with Crippen LogP contribution in [0.4, 0.5) is 21.9 Å². The molecule has 0 bridgehead atoms. The van der Waals surface area contributed by atoms with E-state index < -0.39 is 5.97 Å². The zero-order chi connectivity index (χ0) is 25.7. The number of amides is 2. The monoisotopic (exact) mass is 507 g/mol. The van der Waals surface area contributed by atoms with Crippen molar-refractivity contribution in [2.45, 2.75) is 25.8 Å². The molecule has 188 valence electrons. The van der Waals surface area contributed by atoms with E-state index in [9.17, 15) is 14.7 Å². The smallest absolute Gasteiger partial charge is 0.323 e. The van der Waals surface area contributed by atoms with E-state index in [4.69, 9.17) is 16.3 Å². The standard InChI is InChI=1S/C28H30ClN3O4/c1-18-3-10-22(11-4-18)30-28(35)31-25-15-20(23-16-24(23)27(33)34)7-12-26(25)32(13-14-36-2)17-19-5-8-21(29)9-6-19/h3-12,15,23-24H,13-14,16-17H2,1-2H3,(H,33,34)(H2,30,31,35). The summed E-state index contributed by atoms with van der Waals surface area (Å²) in [4.78, 5) is 26.5. The number of carboxylic acid groups (broad SMARTS) is 1. The number of nitrogens with zero attached hydrogens (tertiary/aromatic N) is 1. The van der Waals surface area contributed by atoms with E-state index in [-0.39, 0.29) is 17.9 Å². The molecule has 3 N–H and O–H groups in total. The molecule has 0 aromatic heterocycles. The minimum absolute atomic E-state index is 0.0547. The second-order valence-corrected chi connectivity index (χ2v) is 9.49. The number of aryl methyl sites for hydroxylation is 1. The molecular weight excluding hydrogens is 478 g/mol. The lowest BCUT2D eigenvalue weighted by atomic mass is 10.1. The van der Waals surface area contributed by atoms with E-state index in [0.29, 0.717) is 42.5 Å². The van der Waals surface area contributed by atoms with Gasteiger partial charge in [-0.3, -0.25) is 4.79 Å². The van der Waals surface area contributed by atoms with Gasteiger partial charge in [-0.25, -0.2) is 4.79 Å². The number of hydrogen-bond acceptors (Lipinski definition) is 4. The largest absolute Gasteiger partial charge is 0.481 e. The average Bonchev–Trinajstić information content (AvgIpc) is 3.66. The van der Waals surface area contributed by atoms with Gasteiger partial charge in [0.2, 0.25) is 0 Å². The molecule has 36 heavy (non-hydrogen) atoms. The molecule has 0 radical (unpaired) electrons. The van der Waals surface area contributed by atoms with Gasteiger partial charge >= 0.3 is 12.0 Å². The van der Waals surface area contributed by atoms with Gasteiger partial charge in [0.05, 0.1) is 23.9 Å². The lowest BCUT2D eigenvalue weighted by molar-refractivity contribution is -0.138. The lowest BCUT2D eigenvalue weighted by Crippen LogP contribution is -2.29. The highest BCUT2D eigenvalue weighted by atomic mass is 35.5. The molecule has 2 atom stereocenters. The summed E-state index contributed by atoms with van der Waals surface area (Å²) in [5.74, 6) is -1.23. The van der Waals surface area contributed by atoms with Crippen LogP contribution in [0.25, 0.3) is 0 Å². The van der Waals surface area contributed by atoms with E-state index in [1.807, 2.05) is 73.7 Å². The molecule has 8 heteroatoms. The number of ether oxygens (including phenoxy) is 1. The third-order valence-electron chi connectivity index (χ3n) is 6.31. The number of benzene rings is 3. The molecular formula is C28H30ClN3O4. The molecule has 2 unspecified atom stereocenters. The number of halogens is 1. The maximum Gasteiger partial charge on any atom is 0.323 e. The maximum atomic E-state index is 12.9. The molecule has 1 saturated carbocycles. The fourth-order valence-corrected chi connectivity index (χ4v) is 4.34. The summed E-state index contributed by atoms with van der Waals surface area (Å²) in [5, 5.41) is 15.9. The predicted molar refractivity (Wildman–Crippen MR) is 143 cm³/mol. The van der Waals surface area contributed by atoms with Gasteiger partial charge in [-0.15, -0.1) is 0 Å². The van der Waals surface area contributed by atoms with Crippen molar-refractivity contribution in [3.63, 3.8) is 0 Å². The van der Waals surface area contributed by atoms with Crippen molar-refractivity contribution in [2.24, 2.45) is 5.92 Å². The van der Waals surface area contributed by atoms with Gasteiger partial charge in [0.1, 0.15) is 0 Å². The van der Waals surface area contributed by atoms with Crippen LogP contribution in [-0.4, -0.2) is 37.4 Å². The Morgan fingerprint density at radius 2 is 1.78 bits per heavy atom. The molecule has 1 aliphatic carbocycles. The van der Waals surface area contributed by atoms with Gasteiger partial charge in [0.25, 0.3) is 0 Å². The lowest BCUT2D eigenvalue weighted by Gasteiger charge is -2.28. The number of urea groups is 1. The maximum absolute atomic E-state index is 12.9. The first-order valence-electron chi connectivity index (χ1n) is 11.8. The van der Waals surface area contributed by atoms with E-state index in [1.165, 1.54) is 0 Å². The Bertz CT molecular complexity index is 1210. The fraction of sp³-hybridized carbons (Fsp3) is 0.286. The number of nitrogens with one attached hydrogen (secondary N) is 2. The minimum Gasteiger partial charge on any atom is -0.481 e. The average molecular weight is 508 g/mol. The van der Waals surface area contributed by atoms with Crippen LogP contribution in [-0.2, 0) is 16.1 Å². The van der Waals surface area contributed by atoms with Crippen LogP contribution in [0.1, 0.15) is 29.0 Å². The summed E-state index contributed by atoms with van der Waals surface area (Å²) in [6, 6.07) is 20.6. The first-order valence-corrected chi connectivity index (χ1v) is 12.2. The molecule has 1 aliphatic rings. The van der Waals surface area contributed by atoms with Crippen LogP contribution in [0.5, 0.6) is 0 Å². The number of rotatable bonds is 10. The molecule has 1 fully saturated rings. The SMILES string of the molecule is COCCN(Cc1ccc(Cl)cc1)c1ccc(C2CC2C(=O)O)cc1NC(=O)Nc1ccc(C)cc1. The molecule has 0 saturated heterocycles. The number of hydrogen-bond donors (Lipinski definition) is 3. The van der Waals surface area contributed by atoms with Crippen molar-refractivity contribution in [1.82, 2.24) is 0 Å². The molecule has 3 aromatic carbocycles. The number of aliphatic carboxylic acids is 1. The Hall–Kier alpha value is -3.55. The van der Waals surface area contributed by atoms with Crippen molar-refractivity contribution >= 4 is 40.7 Å². The van der Waals surface area contributed by atoms with Gasteiger partial charge in [-0.05, 0) is 66.8 Å². The normalized spacial score (nSPS) is 16.3. The first kappa shape index (κ1) is 25.5. The number of methoxy groups -OCH3 is 1. The van der Waals surface area contributed by atoms with Gasteiger partial charge in [-0.2, -0.15) is 0 Å². The number of anilines is 3. The van der Waals surface area contributed by atoms with Crippen molar-refractivity contribution in [1.29, 1.82) is 0 Å².